The fraction of sp³-hybridized carbons (Fsp3) is 0.0789. The molecule has 41 heavy (non-hydrogen) atoms. The second kappa shape index (κ2) is 7.96. The monoisotopic (exact) mass is 525 g/mol. The minimum absolute atomic E-state index is 0.0185. The first-order valence-electron chi connectivity index (χ1n) is 14.2. The molecule has 0 aliphatic heterocycles. The Morgan fingerprint density at radius 3 is 2.22 bits per heavy atom. The number of hydrogen-bond donors (Lipinski definition) is 0. The summed E-state index contributed by atoms with van der Waals surface area (Å²) in [5.41, 5.74) is 13.8. The molecule has 194 valence electrons. The van der Waals surface area contributed by atoms with Crippen molar-refractivity contribution in [2.75, 3.05) is 0 Å². The Kier molecular flexibility index (Phi) is 4.39. The Hall–Kier alpha value is -5.15. The molecule has 0 N–H and O–H groups in total. The number of benzene rings is 4. The summed E-state index contributed by atoms with van der Waals surface area (Å²) in [6, 6.07) is 40.0. The van der Waals surface area contributed by atoms with Gasteiger partial charge < -0.3 is 8.97 Å². The van der Waals surface area contributed by atoms with E-state index in [9.17, 15) is 0 Å². The van der Waals surface area contributed by atoms with Gasteiger partial charge in [0.2, 0.25) is 0 Å². The van der Waals surface area contributed by atoms with Crippen molar-refractivity contribution in [2.24, 2.45) is 0 Å². The molecule has 0 saturated carbocycles. The molecule has 0 saturated heterocycles. The third kappa shape index (κ3) is 2.90. The average molecular weight is 526 g/mol. The van der Waals surface area contributed by atoms with Crippen LogP contribution in [0.5, 0.6) is 0 Å². The highest BCUT2D eigenvalue weighted by molar-refractivity contribution is 6.20. The standard InChI is InChI=1S/C38H27N3/c1-38(2)31-14-6-3-11-26(31)30-22-24(17-18-32(30)38)35-29-13-5-7-15-33(29)40-21-19-28-27-12-4-8-16-34(27)41(36(28)37(35)40)25-10-9-20-39-23-25/h3-23H,1-2H3. The molecule has 9 rings (SSSR count). The fourth-order valence-electron chi connectivity index (χ4n) is 7.39. The maximum absolute atomic E-state index is 4.50. The van der Waals surface area contributed by atoms with Gasteiger partial charge in [0, 0.05) is 39.5 Å². The maximum atomic E-state index is 4.50. The summed E-state index contributed by atoms with van der Waals surface area (Å²) in [5.74, 6) is 0. The number of nitrogens with zero attached hydrogens (tertiary/aromatic N) is 3. The molecule has 8 aromatic rings. The van der Waals surface area contributed by atoms with E-state index in [1.807, 2.05) is 18.5 Å². The smallest absolute Gasteiger partial charge is 0.0790 e. The fourth-order valence-corrected chi connectivity index (χ4v) is 7.39. The van der Waals surface area contributed by atoms with Gasteiger partial charge in [0.1, 0.15) is 0 Å². The Morgan fingerprint density at radius 2 is 1.37 bits per heavy atom. The number of pyridine rings is 2. The van der Waals surface area contributed by atoms with Crippen molar-refractivity contribution in [2.45, 2.75) is 19.3 Å². The van der Waals surface area contributed by atoms with E-state index in [0.29, 0.717) is 0 Å². The van der Waals surface area contributed by atoms with Gasteiger partial charge in [-0.2, -0.15) is 0 Å². The topological polar surface area (TPSA) is 22.2 Å². The molecule has 0 unspecified atom stereocenters. The van der Waals surface area contributed by atoms with Crippen LogP contribution in [0, 0.1) is 0 Å². The zero-order chi connectivity index (χ0) is 27.3. The molecular formula is C38H27N3. The van der Waals surface area contributed by atoms with Gasteiger partial charge in [0.25, 0.3) is 0 Å². The Labute approximate surface area is 237 Å². The third-order valence-corrected chi connectivity index (χ3v) is 9.22. The van der Waals surface area contributed by atoms with Crippen LogP contribution in [0.2, 0.25) is 0 Å². The van der Waals surface area contributed by atoms with Gasteiger partial charge >= 0.3 is 0 Å². The maximum Gasteiger partial charge on any atom is 0.0790 e. The van der Waals surface area contributed by atoms with Gasteiger partial charge in [-0.3, -0.25) is 4.98 Å². The molecule has 4 aromatic carbocycles. The summed E-state index contributed by atoms with van der Waals surface area (Å²) in [5, 5.41) is 3.75. The van der Waals surface area contributed by atoms with Crippen LogP contribution in [0.4, 0.5) is 0 Å². The van der Waals surface area contributed by atoms with E-state index in [-0.39, 0.29) is 5.41 Å². The summed E-state index contributed by atoms with van der Waals surface area (Å²) in [7, 11) is 0. The van der Waals surface area contributed by atoms with E-state index >= 15 is 0 Å². The van der Waals surface area contributed by atoms with Crippen molar-refractivity contribution in [3.05, 3.63) is 139 Å². The average Bonchev–Trinajstić information content (AvgIpc) is 3.61. The molecule has 4 aromatic heterocycles. The lowest BCUT2D eigenvalue weighted by atomic mass is 9.82. The summed E-state index contributed by atoms with van der Waals surface area (Å²) in [6.45, 7) is 4.69. The van der Waals surface area contributed by atoms with Crippen molar-refractivity contribution >= 4 is 38.2 Å². The minimum atomic E-state index is -0.0185. The molecule has 0 atom stereocenters. The minimum Gasteiger partial charge on any atom is -0.314 e. The van der Waals surface area contributed by atoms with Crippen LogP contribution >= 0.6 is 0 Å². The van der Waals surface area contributed by atoms with Crippen molar-refractivity contribution in [3.8, 4) is 27.9 Å². The van der Waals surface area contributed by atoms with Gasteiger partial charge in [-0.25, -0.2) is 0 Å². The number of fused-ring (bicyclic) bond motifs is 10. The molecule has 0 radical (unpaired) electrons. The zero-order valence-electron chi connectivity index (χ0n) is 23.0. The number of aromatic nitrogens is 3. The second-order valence-corrected chi connectivity index (χ2v) is 11.7. The summed E-state index contributed by atoms with van der Waals surface area (Å²) in [6.07, 6.45) is 6.05. The molecule has 1 aliphatic rings. The van der Waals surface area contributed by atoms with Crippen LogP contribution < -0.4 is 0 Å². The first kappa shape index (κ1) is 22.6. The van der Waals surface area contributed by atoms with Crippen molar-refractivity contribution in [1.82, 2.24) is 14.0 Å². The summed E-state index contributed by atoms with van der Waals surface area (Å²) < 4.78 is 4.77. The van der Waals surface area contributed by atoms with E-state index in [1.165, 1.54) is 71.6 Å². The van der Waals surface area contributed by atoms with Gasteiger partial charge in [0.15, 0.2) is 0 Å². The highest BCUT2D eigenvalue weighted by atomic mass is 15.0. The van der Waals surface area contributed by atoms with E-state index < -0.39 is 0 Å². The van der Waals surface area contributed by atoms with E-state index in [1.54, 1.807) is 0 Å². The van der Waals surface area contributed by atoms with E-state index in [4.69, 9.17) is 0 Å². The highest BCUT2D eigenvalue weighted by Gasteiger charge is 2.35. The van der Waals surface area contributed by atoms with Crippen LogP contribution in [-0.4, -0.2) is 14.0 Å². The van der Waals surface area contributed by atoms with Crippen LogP contribution in [0.15, 0.2) is 128 Å². The molecule has 4 heterocycles. The molecule has 0 amide bonds. The van der Waals surface area contributed by atoms with Gasteiger partial charge in [0.05, 0.1) is 34.0 Å². The van der Waals surface area contributed by atoms with Crippen molar-refractivity contribution in [1.29, 1.82) is 0 Å². The van der Waals surface area contributed by atoms with E-state index in [2.05, 4.69) is 137 Å². The SMILES string of the molecule is CC1(C)c2ccccc2-c2cc(-c3c4ccccc4n4ccc5c6ccccc6n(-c6cccnc6)c5c34)ccc21. The number of para-hydroxylation sites is 2. The highest BCUT2D eigenvalue weighted by Crippen LogP contribution is 2.51. The Balaban J connectivity index is 1.47. The molecule has 0 fully saturated rings. The van der Waals surface area contributed by atoms with Crippen molar-refractivity contribution in [3.63, 3.8) is 0 Å². The van der Waals surface area contributed by atoms with Gasteiger partial charge in [-0.05, 0) is 64.2 Å². The van der Waals surface area contributed by atoms with Crippen LogP contribution in [0.3, 0.4) is 0 Å². The quantitative estimate of drug-likeness (QED) is 0.220. The lowest BCUT2D eigenvalue weighted by molar-refractivity contribution is 0.660. The molecule has 1 aliphatic carbocycles. The first-order chi connectivity index (χ1) is 20.1. The number of hydrogen-bond acceptors (Lipinski definition) is 1. The molecular weight excluding hydrogens is 498 g/mol. The molecule has 0 bridgehead atoms. The predicted octanol–water partition coefficient (Wildman–Crippen LogP) is 9.56. The Bertz CT molecular complexity index is 2330. The van der Waals surface area contributed by atoms with Gasteiger partial charge in [-0.1, -0.05) is 86.6 Å². The summed E-state index contributed by atoms with van der Waals surface area (Å²) >= 11 is 0. The van der Waals surface area contributed by atoms with E-state index in [0.717, 1.165) is 5.69 Å². The third-order valence-electron chi connectivity index (χ3n) is 9.22. The van der Waals surface area contributed by atoms with Crippen LogP contribution in [0.1, 0.15) is 25.0 Å². The lowest BCUT2D eigenvalue weighted by Crippen LogP contribution is -2.14. The second-order valence-electron chi connectivity index (χ2n) is 11.7. The predicted molar refractivity (Wildman–Crippen MR) is 170 cm³/mol. The largest absolute Gasteiger partial charge is 0.314 e. The lowest BCUT2D eigenvalue weighted by Gasteiger charge is -2.21. The molecule has 3 nitrogen and oxygen atoms in total. The van der Waals surface area contributed by atoms with Crippen LogP contribution in [0.25, 0.3) is 66.2 Å². The van der Waals surface area contributed by atoms with Crippen molar-refractivity contribution < 1.29 is 0 Å². The Morgan fingerprint density at radius 1 is 0.610 bits per heavy atom. The van der Waals surface area contributed by atoms with Crippen LogP contribution in [-0.2, 0) is 5.41 Å². The van der Waals surface area contributed by atoms with Gasteiger partial charge in [-0.15, -0.1) is 0 Å². The zero-order valence-corrected chi connectivity index (χ0v) is 23.0. The first-order valence-corrected chi connectivity index (χ1v) is 14.2. The number of rotatable bonds is 2. The normalized spacial score (nSPS) is 13.8. The molecule has 0 spiro atoms. The summed E-state index contributed by atoms with van der Waals surface area (Å²) in [4.78, 5) is 4.50. The molecule has 3 heteroatoms.